The predicted molar refractivity (Wildman–Crippen MR) is 113 cm³/mol. The van der Waals surface area contributed by atoms with E-state index in [-0.39, 0.29) is 50.0 Å². The lowest BCUT2D eigenvalue weighted by atomic mass is 9.94. The molecule has 0 aliphatic rings. The summed E-state index contributed by atoms with van der Waals surface area (Å²) in [7, 11) is 0. The molecule has 0 saturated carbocycles. The van der Waals surface area contributed by atoms with Crippen LogP contribution in [0.2, 0.25) is 0 Å². The largest absolute Gasteiger partial charge is 0.450 e. The number of ether oxygens (including phenoxy) is 2. The van der Waals surface area contributed by atoms with Crippen molar-refractivity contribution in [3.8, 4) is 0 Å². The van der Waals surface area contributed by atoms with Gasteiger partial charge in [0.1, 0.15) is 0 Å². The molecule has 10 heteroatoms. The molecule has 0 radical (unpaired) electrons. The van der Waals surface area contributed by atoms with Crippen molar-refractivity contribution < 1.29 is 19.1 Å². The molecule has 1 unspecified atom stereocenters. The van der Waals surface area contributed by atoms with Crippen LogP contribution in [0.5, 0.6) is 0 Å². The molecule has 0 heterocycles. The van der Waals surface area contributed by atoms with Crippen molar-refractivity contribution in [3.05, 3.63) is 0 Å². The minimum Gasteiger partial charge on any atom is -0.450 e. The molecule has 6 N–H and O–H groups in total. The zero-order chi connectivity index (χ0) is 18.9. The molecular weight excluding hydrogens is 395 g/mol. The summed E-state index contributed by atoms with van der Waals surface area (Å²) in [5, 5.41) is 5.38. The molecule has 0 bridgehead atoms. The van der Waals surface area contributed by atoms with Crippen molar-refractivity contribution in [1.29, 1.82) is 0 Å². The van der Waals surface area contributed by atoms with Crippen LogP contribution in [-0.4, -0.2) is 51.1 Å². The van der Waals surface area contributed by atoms with Crippen molar-refractivity contribution >= 4 is 37.0 Å². The zero-order valence-corrected chi connectivity index (χ0v) is 18.2. The summed E-state index contributed by atoms with van der Waals surface area (Å²) in [6.07, 6.45) is 4.21. The molecule has 0 aromatic rings. The Kier molecular flexibility index (Phi) is 24.3. The second-order valence-corrected chi connectivity index (χ2v) is 6.07. The van der Waals surface area contributed by atoms with Gasteiger partial charge in [0.15, 0.2) is 0 Å². The maximum atomic E-state index is 11.5. The Morgan fingerprint density at radius 1 is 0.889 bits per heavy atom. The van der Waals surface area contributed by atoms with Gasteiger partial charge in [0.2, 0.25) is 0 Å². The number of carbonyl (C=O) groups excluding carboxylic acids is 2. The smallest absolute Gasteiger partial charge is 0.407 e. The van der Waals surface area contributed by atoms with E-state index in [4.69, 9.17) is 20.9 Å². The monoisotopic (exact) mass is 432 g/mol. The van der Waals surface area contributed by atoms with Gasteiger partial charge in [-0.05, 0) is 31.6 Å². The van der Waals surface area contributed by atoms with Crippen molar-refractivity contribution in [3.63, 3.8) is 0 Å². The first kappa shape index (κ1) is 30.8. The summed E-state index contributed by atoms with van der Waals surface area (Å²) in [5.74, 6) is 0.0249. The maximum Gasteiger partial charge on any atom is 0.407 e. The van der Waals surface area contributed by atoms with Gasteiger partial charge in [-0.25, -0.2) is 9.59 Å². The number of nitrogens with two attached hydrogens (primary N) is 2. The Morgan fingerprint density at radius 2 is 1.30 bits per heavy atom. The Morgan fingerprint density at radius 3 is 1.63 bits per heavy atom. The molecule has 0 aliphatic carbocycles. The van der Waals surface area contributed by atoms with Gasteiger partial charge >= 0.3 is 12.2 Å². The van der Waals surface area contributed by atoms with Gasteiger partial charge in [-0.1, -0.05) is 26.7 Å². The minimum absolute atomic E-state index is 0. The number of unbranched alkanes of at least 4 members (excludes halogenated alkanes) is 2. The van der Waals surface area contributed by atoms with Gasteiger partial charge < -0.3 is 31.6 Å². The van der Waals surface area contributed by atoms with Crippen molar-refractivity contribution in [2.75, 3.05) is 32.8 Å². The second kappa shape index (κ2) is 21.3. The standard InChI is InChI=1S/C17H36N4O4.2ClH/c1-3-5-9-20-16(22)24-11-7-14(15(19)13-18)8-12-25-17(23)21-10-6-4-2;;/h14-15H,3-13,18-19H2,1-2H3,(H,20,22)(H,21,23);2*1H. The summed E-state index contributed by atoms with van der Waals surface area (Å²) in [6, 6.07) is -0.224. The number of hydrogen-bond acceptors (Lipinski definition) is 6. The third kappa shape index (κ3) is 18.2. The molecule has 27 heavy (non-hydrogen) atoms. The van der Waals surface area contributed by atoms with E-state index < -0.39 is 12.2 Å². The molecule has 164 valence electrons. The quantitative estimate of drug-likeness (QED) is 0.312. The molecule has 0 saturated heterocycles. The van der Waals surface area contributed by atoms with Gasteiger partial charge in [0.05, 0.1) is 13.2 Å². The Balaban J connectivity index is -0.00000288. The van der Waals surface area contributed by atoms with Crippen LogP contribution in [0.25, 0.3) is 0 Å². The van der Waals surface area contributed by atoms with Crippen LogP contribution in [-0.2, 0) is 9.47 Å². The van der Waals surface area contributed by atoms with E-state index in [0.717, 1.165) is 25.7 Å². The van der Waals surface area contributed by atoms with Crippen LogP contribution in [0.3, 0.4) is 0 Å². The molecule has 0 spiro atoms. The second-order valence-electron chi connectivity index (χ2n) is 6.07. The van der Waals surface area contributed by atoms with E-state index in [1.54, 1.807) is 0 Å². The summed E-state index contributed by atoms with van der Waals surface area (Å²) in [4.78, 5) is 23.0. The number of nitrogens with one attached hydrogen (secondary N) is 2. The predicted octanol–water partition coefficient (Wildman–Crippen LogP) is 2.56. The van der Waals surface area contributed by atoms with Crippen LogP contribution >= 0.6 is 24.8 Å². The number of amides is 2. The fourth-order valence-electron chi connectivity index (χ4n) is 2.21. The lowest BCUT2D eigenvalue weighted by Crippen LogP contribution is -2.39. The van der Waals surface area contributed by atoms with Crippen LogP contribution in [0.1, 0.15) is 52.4 Å². The normalized spacial score (nSPS) is 11.0. The van der Waals surface area contributed by atoms with E-state index in [0.29, 0.717) is 32.5 Å². The first-order chi connectivity index (χ1) is 12.0. The van der Waals surface area contributed by atoms with Crippen molar-refractivity contribution in [2.45, 2.75) is 58.4 Å². The number of carbonyl (C=O) groups is 2. The summed E-state index contributed by atoms with van der Waals surface area (Å²) in [6.45, 7) is 6.19. The van der Waals surface area contributed by atoms with Gasteiger partial charge in [-0.15, -0.1) is 24.8 Å². The fraction of sp³-hybridized carbons (Fsp3) is 0.882. The van der Waals surface area contributed by atoms with Gasteiger partial charge in [-0.3, -0.25) is 0 Å². The molecular formula is C17H38Cl2N4O4. The van der Waals surface area contributed by atoms with Crippen LogP contribution in [0, 0.1) is 5.92 Å². The van der Waals surface area contributed by atoms with Gasteiger partial charge in [-0.2, -0.15) is 0 Å². The summed E-state index contributed by atoms with van der Waals surface area (Å²) in [5.41, 5.74) is 11.6. The van der Waals surface area contributed by atoms with E-state index in [1.165, 1.54) is 0 Å². The lowest BCUT2D eigenvalue weighted by molar-refractivity contribution is 0.121. The minimum atomic E-state index is -0.417. The maximum absolute atomic E-state index is 11.5. The third-order valence-electron chi connectivity index (χ3n) is 3.92. The first-order valence-electron chi connectivity index (χ1n) is 9.31. The molecule has 0 aliphatic heterocycles. The average molecular weight is 433 g/mol. The Labute approximate surface area is 175 Å². The van der Waals surface area contributed by atoms with Crippen molar-refractivity contribution in [1.82, 2.24) is 10.6 Å². The van der Waals surface area contributed by atoms with Gasteiger partial charge in [0, 0.05) is 25.7 Å². The topological polar surface area (TPSA) is 129 Å². The van der Waals surface area contributed by atoms with Crippen LogP contribution in [0.4, 0.5) is 9.59 Å². The fourth-order valence-corrected chi connectivity index (χ4v) is 2.21. The summed E-state index contributed by atoms with van der Waals surface area (Å²) >= 11 is 0. The molecule has 0 aromatic carbocycles. The molecule has 1 atom stereocenters. The first-order valence-corrected chi connectivity index (χ1v) is 9.31. The Bertz CT molecular complexity index is 338. The zero-order valence-electron chi connectivity index (χ0n) is 16.5. The van der Waals surface area contributed by atoms with E-state index in [9.17, 15) is 9.59 Å². The molecule has 0 rings (SSSR count). The van der Waals surface area contributed by atoms with E-state index in [2.05, 4.69) is 24.5 Å². The lowest BCUT2D eigenvalue weighted by Gasteiger charge is -2.22. The number of halogens is 2. The SMILES string of the molecule is CCCCNC(=O)OCCC(CCOC(=O)NCCCC)C(N)CN.Cl.Cl. The highest BCUT2D eigenvalue weighted by Crippen LogP contribution is 2.12. The van der Waals surface area contributed by atoms with E-state index in [1.807, 2.05) is 0 Å². The summed E-state index contributed by atoms with van der Waals surface area (Å²) < 4.78 is 10.3. The highest BCUT2D eigenvalue weighted by atomic mass is 35.5. The van der Waals surface area contributed by atoms with Gasteiger partial charge in [0.25, 0.3) is 0 Å². The third-order valence-corrected chi connectivity index (χ3v) is 3.92. The van der Waals surface area contributed by atoms with E-state index >= 15 is 0 Å². The average Bonchev–Trinajstić information content (AvgIpc) is 2.60. The number of rotatable bonds is 14. The van der Waals surface area contributed by atoms with Crippen LogP contribution < -0.4 is 22.1 Å². The Hall–Kier alpha value is -0.960. The highest BCUT2D eigenvalue weighted by Gasteiger charge is 2.18. The number of alkyl carbamates (subject to hydrolysis) is 2. The molecule has 2 amide bonds. The molecule has 0 aromatic heterocycles. The van der Waals surface area contributed by atoms with Crippen LogP contribution in [0.15, 0.2) is 0 Å². The molecule has 0 fully saturated rings. The van der Waals surface area contributed by atoms with Crippen molar-refractivity contribution in [2.24, 2.45) is 17.4 Å². The molecule has 8 nitrogen and oxygen atoms in total. The number of hydrogen-bond donors (Lipinski definition) is 4. The highest BCUT2D eigenvalue weighted by molar-refractivity contribution is 5.85.